The molecule has 0 radical (unpaired) electrons. The van der Waals surface area contributed by atoms with Gasteiger partial charge in [0.2, 0.25) is 5.78 Å². The third kappa shape index (κ3) is 29.0. The molecule has 1 N–H and O–H groups in total. The van der Waals surface area contributed by atoms with Crippen LogP contribution < -0.4 is 0 Å². The van der Waals surface area contributed by atoms with Gasteiger partial charge in [0.1, 0.15) is 6.10 Å². The molecule has 2 heteroatoms. The summed E-state index contributed by atoms with van der Waals surface area (Å²) in [6.45, 7) is 4.49. The van der Waals surface area contributed by atoms with Crippen LogP contribution in [0.15, 0.2) is 0 Å². The van der Waals surface area contributed by atoms with E-state index in [2.05, 4.69) is 25.7 Å². The zero-order chi connectivity index (χ0) is 22.7. The fraction of sp³-hybridized carbons (Fsp3) is 0.821. The number of carbonyl (C=O) groups is 1. The second-order valence-corrected chi connectivity index (χ2v) is 8.45. The standard InChI is InChI=1S/C14H26O.C14H24O/c2*1-3-5-6-7-8-9-10-11-12-13-14(15)4-2/h2,14-15H,3,5-13H2,1H3;2H,3,5-13H2,1H3/t14-;/m0./s1. The van der Waals surface area contributed by atoms with Crippen LogP contribution in [0.3, 0.4) is 0 Å². The highest BCUT2D eigenvalue weighted by atomic mass is 16.3. The van der Waals surface area contributed by atoms with Gasteiger partial charge in [-0.05, 0) is 25.2 Å². The van der Waals surface area contributed by atoms with Crippen LogP contribution in [0.5, 0.6) is 0 Å². The SMILES string of the molecule is C#CC(=O)CCCCCCCCCCC.C#C[C@H](O)CCCCCCCCCCC. The van der Waals surface area contributed by atoms with Crippen molar-refractivity contribution in [3.05, 3.63) is 0 Å². The third-order valence-corrected chi connectivity index (χ3v) is 5.44. The Hall–Kier alpha value is -1.25. The molecule has 1 atom stereocenters. The second-order valence-electron chi connectivity index (χ2n) is 8.45. The minimum atomic E-state index is -0.519. The molecule has 174 valence electrons. The first kappa shape index (κ1) is 30.9. The molecule has 0 saturated heterocycles. The molecule has 0 aliphatic carbocycles. The molecule has 2 nitrogen and oxygen atoms in total. The summed E-state index contributed by atoms with van der Waals surface area (Å²) in [7, 11) is 0. The van der Waals surface area contributed by atoms with E-state index < -0.39 is 6.10 Å². The van der Waals surface area contributed by atoms with E-state index in [1.165, 1.54) is 96.3 Å². The maximum absolute atomic E-state index is 10.8. The Morgan fingerprint density at radius 1 is 0.667 bits per heavy atom. The van der Waals surface area contributed by atoms with Crippen molar-refractivity contribution in [3.63, 3.8) is 0 Å². The topological polar surface area (TPSA) is 37.3 Å². The number of Topliss-reactive ketones (excluding diaryl/α,β-unsaturated/α-hetero) is 1. The maximum Gasteiger partial charge on any atom is 0.205 e. The molecule has 0 aromatic rings. The van der Waals surface area contributed by atoms with Gasteiger partial charge < -0.3 is 5.11 Å². The predicted molar refractivity (Wildman–Crippen MR) is 132 cm³/mol. The molecule has 0 aliphatic heterocycles. The molecule has 0 aromatic heterocycles. The van der Waals surface area contributed by atoms with Crippen molar-refractivity contribution < 1.29 is 9.90 Å². The number of hydrogen-bond acceptors (Lipinski definition) is 2. The molecule has 0 saturated carbocycles. The van der Waals surface area contributed by atoms with Crippen LogP contribution in [-0.4, -0.2) is 17.0 Å². The van der Waals surface area contributed by atoms with Gasteiger partial charge in [0.05, 0.1) is 0 Å². The highest BCUT2D eigenvalue weighted by Crippen LogP contribution is 2.11. The van der Waals surface area contributed by atoms with Crippen molar-refractivity contribution in [3.8, 4) is 24.7 Å². The number of aliphatic hydroxyl groups excluding tert-OH is 1. The number of rotatable bonds is 20. The molecular weight excluding hydrogens is 368 g/mol. The highest BCUT2D eigenvalue weighted by Gasteiger charge is 1.98. The zero-order valence-corrected chi connectivity index (χ0v) is 20.2. The van der Waals surface area contributed by atoms with Gasteiger partial charge in [-0.25, -0.2) is 0 Å². The van der Waals surface area contributed by atoms with Crippen molar-refractivity contribution in [2.24, 2.45) is 0 Å². The largest absolute Gasteiger partial charge is 0.380 e. The van der Waals surface area contributed by atoms with Crippen LogP contribution in [0, 0.1) is 24.7 Å². The van der Waals surface area contributed by atoms with Gasteiger partial charge in [0.25, 0.3) is 0 Å². The summed E-state index contributed by atoms with van der Waals surface area (Å²) in [4.78, 5) is 10.8. The van der Waals surface area contributed by atoms with E-state index >= 15 is 0 Å². The molecule has 30 heavy (non-hydrogen) atoms. The minimum Gasteiger partial charge on any atom is -0.380 e. The van der Waals surface area contributed by atoms with E-state index in [1.54, 1.807) is 0 Å². The summed E-state index contributed by atoms with van der Waals surface area (Å²) in [5, 5.41) is 9.12. The Labute approximate surface area is 189 Å². The molecule has 0 rings (SSSR count). The zero-order valence-electron chi connectivity index (χ0n) is 20.2. The van der Waals surface area contributed by atoms with Gasteiger partial charge >= 0.3 is 0 Å². The lowest BCUT2D eigenvalue weighted by Gasteiger charge is -2.03. The summed E-state index contributed by atoms with van der Waals surface area (Å²) in [5.41, 5.74) is 0. The first-order chi connectivity index (χ1) is 14.6. The fourth-order valence-electron chi connectivity index (χ4n) is 3.40. The predicted octanol–water partition coefficient (Wildman–Crippen LogP) is 8.01. The molecule has 0 unspecified atom stereocenters. The van der Waals surface area contributed by atoms with Crippen LogP contribution in [0.25, 0.3) is 0 Å². The van der Waals surface area contributed by atoms with E-state index in [0.717, 1.165) is 25.7 Å². The maximum atomic E-state index is 10.8. The molecule has 0 spiro atoms. The van der Waals surface area contributed by atoms with Gasteiger partial charge in [0.15, 0.2) is 0 Å². The van der Waals surface area contributed by atoms with Crippen LogP contribution in [0.1, 0.15) is 142 Å². The van der Waals surface area contributed by atoms with E-state index in [1.807, 2.05) is 0 Å². The first-order valence-corrected chi connectivity index (χ1v) is 12.8. The molecule has 0 fully saturated rings. The lowest BCUT2D eigenvalue weighted by molar-refractivity contribution is -0.113. The summed E-state index contributed by atoms with van der Waals surface area (Å²) >= 11 is 0. The summed E-state index contributed by atoms with van der Waals surface area (Å²) in [6, 6.07) is 0. The quantitative estimate of drug-likeness (QED) is 0.123. The summed E-state index contributed by atoms with van der Waals surface area (Å²) in [5.74, 6) is 4.45. The summed E-state index contributed by atoms with van der Waals surface area (Å²) < 4.78 is 0. The fourth-order valence-corrected chi connectivity index (χ4v) is 3.40. The van der Waals surface area contributed by atoms with Gasteiger partial charge in [-0.3, -0.25) is 4.79 Å². The van der Waals surface area contributed by atoms with E-state index in [4.69, 9.17) is 18.0 Å². The number of carbonyl (C=O) groups excluding carboxylic acids is 1. The Balaban J connectivity index is 0. The minimum absolute atomic E-state index is 0.0436. The lowest BCUT2D eigenvalue weighted by Crippen LogP contribution is -2.01. The number of terminal acetylenes is 2. The molecule has 0 bridgehead atoms. The van der Waals surface area contributed by atoms with E-state index in [0.29, 0.717) is 6.42 Å². The molecular formula is C28H50O2. The monoisotopic (exact) mass is 418 g/mol. The van der Waals surface area contributed by atoms with Crippen molar-refractivity contribution in [2.75, 3.05) is 0 Å². The number of hydrogen-bond donors (Lipinski definition) is 1. The van der Waals surface area contributed by atoms with Crippen LogP contribution in [0.2, 0.25) is 0 Å². The van der Waals surface area contributed by atoms with Crippen molar-refractivity contribution in [2.45, 2.75) is 148 Å². The van der Waals surface area contributed by atoms with Gasteiger partial charge in [-0.15, -0.1) is 12.8 Å². The second kappa shape index (κ2) is 27.8. The number of ketones is 1. The van der Waals surface area contributed by atoms with Crippen molar-refractivity contribution in [1.82, 2.24) is 0 Å². The van der Waals surface area contributed by atoms with Gasteiger partial charge in [-0.2, -0.15) is 0 Å². The lowest BCUT2D eigenvalue weighted by atomic mass is 10.1. The smallest absolute Gasteiger partial charge is 0.205 e. The van der Waals surface area contributed by atoms with E-state index in [-0.39, 0.29) is 5.78 Å². The third-order valence-electron chi connectivity index (χ3n) is 5.44. The van der Waals surface area contributed by atoms with E-state index in [9.17, 15) is 4.79 Å². The molecule has 0 aliphatic rings. The molecule has 0 amide bonds. The van der Waals surface area contributed by atoms with Crippen molar-refractivity contribution in [1.29, 1.82) is 0 Å². The highest BCUT2D eigenvalue weighted by molar-refractivity contribution is 5.94. The number of unbranched alkanes of at least 4 members (excludes halogenated alkanes) is 16. The Morgan fingerprint density at radius 2 is 1.03 bits per heavy atom. The van der Waals surface area contributed by atoms with Crippen LogP contribution in [-0.2, 0) is 4.79 Å². The average Bonchev–Trinajstić information content (AvgIpc) is 2.76. The van der Waals surface area contributed by atoms with Crippen LogP contribution in [0.4, 0.5) is 0 Å². The number of aliphatic hydroxyl groups is 1. The summed E-state index contributed by atoms with van der Waals surface area (Å²) in [6.07, 6.45) is 34.2. The first-order valence-electron chi connectivity index (χ1n) is 12.8. The molecule has 0 heterocycles. The van der Waals surface area contributed by atoms with Gasteiger partial charge in [-0.1, -0.05) is 123 Å². The Morgan fingerprint density at radius 3 is 1.40 bits per heavy atom. The average molecular weight is 419 g/mol. The van der Waals surface area contributed by atoms with Crippen molar-refractivity contribution >= 4 is 5.78 Å². The Kier molecular flexibility index (Phi) is 28.6. The van der Waals surface area contributed by atoms with Crippen LogP contribution >= 0.6 is 0 Å². The Bertz CT molecular complexity index is 427. The normalized spacial score (nSPS) is 11.1. The van der Waals surface area contributed by atoms with Gasteiger partial charge in [0, 0.05) is 6.42 Å². The molecule has 0 aromatic carbocycles.